The molecule has 6 nitrogen and oxygen atoms in total. The van der Waals surface area contributed by atoms with Crippen molar-refractivity contribution in [3.8, 4) is 11.5 Å². The van der Waals surface area contributed by atoms with E-state index < -0.39 is 0 Å². The fourth-order valence-electron chi connectivity index (χ4n) is 2.61. The minimum Gasteiger partial charge on any atom is -0.455 e. The number of likely N-dealkylation sites (N-methyl/N-ethyl adjacent to an activating group) is 1. The van der Waals surface area contributed by atoms with Crippen molar-refractivity contribution < 1.29 is 14.3 Å². The van der Waals surface area contributed by atoms with E-state index in [2.05, 4.69) is 10.6 Å². The summed E-state index contributed by atoms with van der Waals surface area (Å²) in [7, 11) is 0. The van der Waals surface area contributed by atoms with E-state index in [-0.39, 0.29) is 30.4 Å². The van der Waals surface area contributed by atoms with Gasteiger partial charge in [0.1, 0.15) is 5.75 Å². The van der Waals surface area contributed by atoms with Gasteiger partial charge in [-0.2, -0.15) is 0 Å². The maximum atomic E-state index is 12.5. The molecule has 0 heterocycles. The molecule has 0 bridgehead atoms. The lowest BCUT2D eigenvalue weighted by Gasteiger charge is -2.24. The third kappa shape index (κ3) is 7.40. The molecule has 2 amide bonds. The summed E-state index contributed by atoms with van der Waals surface area (Å²) in [6.07, 6.45) is 0. The lowest BCUT2D eigenvalue weighted by molar-refractivity contribution is -0.124. The number of carbonyl (C=O) groups is 2. The van der Waals surface area contributed by atoms with Gasteiger partial charge >= 0.3 is 0 Å². The van der Waals surface area contributed by atoms with Crippen molar-refractivity contribution in [3.05, 3.63) is 54.6 Å². The third-order valence-corrected chi connectivity index (χ3v) is 3.83. The minimum absolute atomic E-state index is 0.102. The zero-order valence-electron chi connectivity index (χ0n) is 17.0. The van der Waals surface area contributed by atoms with Crippen LogP contribution >= 0.6 is 0 Å². The van der Waals surface area contributed by atoms with E-state index in [1.807, 2.05) is 70.2 Å². The Hall–Kier alpha value is -2.86. The average Bonchev–Trinajstić information content (AvgIpc) is 2.62. The van der Waals surface area contributed by atoms with E-state index in [0.29, 0.717) is 23.7 Å². The Kier molecular flexibility index (Phi) is 7.58. The highest BCUT2D eigenvalue weighted by atomic mass is 16.5. The number of nitrogens with zero attached hydrogens (tertiary/aromatic N) is 1. The van der Waals surface area contributed by atoms with Gasteiger partial charge in [-0.15, -0.1) is 0 Å². The standard InChI is InChI=1S/C22H29N3O3/c1-5-25(16-21(27)24-22(2,3)4)15-20(26)23-18-13-9-10-14-19(18)28-17-11-7-6-8-12-17/h6-14H,5,15-16H2,1-4H3,(H,23,26)(H,24,27). The zero-order valence-corrected chi connectivity index (χ0v) is 17.0. The normalized spacial score (nSPS) is 11.2. The molecule has 2 N–H and O–H groups in total. The van der Waals surface area contributed by atoms with Gasteiger partial charge in [0, 0.05) is 5.54 Å². The number of amides is 2. The predicted molar refractivity (Wildman–Crippen MR) is 112 cm³/mol. The van der Waals surface area contributed by atoms with E-state index in [9.17, 15) is 9.59 Å². The highest BCUT2D eigenvalue weighted by Crippen LogP contribution is 2.29. The Bertz CT molecular complexity index is 785. The molecule has 2 rings (SSSR count). The van der Waals surface area contributed by atoms with Crippen molar-refractivity contribution in [2.24, 2.45) is 0 Å². The summed E-state index contributed by atoms with van der Waals surface area (Å²) in [5.41, 5.74) is 0.290. The molecule has 0 aliphatic heterocycles. The van der Waals surface area contributed by atoms with Gasteiger partial charge in [-0.25, -0.2) is 0 Å². The summed E-state index contributed by atoms with van der Waals surface area (Å²) in [5, 5.41) is 5.79. The fraction of sp³-hybridized carbons (Fsp3) is 0.364. The first-order valence-electron chi connectivity index (χ1n) is 9.42. The van der Waals surface area contributed by atoms with E-state index >= 15 is 0 Å². The molecule has 28 heavy (non-hydrogen) atoms. The zero-order chi connectivity index (χ0) is 20.6. The van der Waals surface area contributed by atoms with Crippen molar-refractivity contribution in [1.82, 2.24) is 10.2 Å². The van der Waals surface area contributed by atoms with Gasteiger partial charge in [-0.05, 0) is 51.6 Å². The number of benzene rings is 2. The van der Waals surface area contributed by atoms with Crippen LogP contribution in [-0.4, -0.2) is 41.9 Å². The summed E-state index contributed by atoms with van der Waals surface area (Å²) in [4.78, 5) is 26.4. The van der Waals surface area contributed by atoms with Gasteiger partial charge in [-0.1, -0.05) is 37.3 Å². The number of nitrogens with one attached hydrogen (secondary N) is 2. The summed E-state index contributed by atoms with van der Waals surface area (Å²) < 4.78 is 5.87. The maximum Gasteiger partial charge on any atom is 0.238 e. The molecule has 0 atom stereocenters. The summed E-state index contributed by atoms with van der Waals surface area (Å²) in [6.45, 7) is 8.58. The Morgan fingerprint density at radius 3 is 2.18 bits per heavy atom. The van der Waals surface area contributed by atoms with Crippen LogP contribution in [0.3, 0.4) is 0 Å². The molecule has 0 aliphatic carbocycles. The summed E-state index contributed by atoms with van der Waals surface area (Å²) >= 11 is 0. The average molecular weight is 383 g/mol. The molecule has 0 unspecified atom stereocenters. The largest absolute Gasteiger partial charge is 0.455 e. The summed E-state index contributed by atoms with van der Waals surface area (Å²) in [6, 6.07) is 16.7. The fourth-order valence-corrected chi connectivity index (χ4v) is 2.61. The Balaban J connectivity index is 1.97. The molecule has 2 aromatic carbocycles. The molecular formula is C22H29N3O3. The Labute approximate surface area is 166 Å². The van der Waals surface area contributed by atoms with E-state index in [0.717, 1.165) is 0 Å². The number of para-hydroxylation sites is 3. The first kappa shape index (κ1) is 21.4. The lowest BCUT2D eigenvalue weighted by Crippen LogP contribution is -2.47. The molecule has 0 saturated carbocycles. The number of rotatable bonds is 8. The number of carbonyl (C=O) groups excluding carboxylic acids is 2. The molecule has 150 valence electrons. The maximum absolute atomic E-state index is 12.5. The van der Waals surface area contributed by atoms with Crippen LogP contribution in [0.2, 0.25) is 0 Å². The van der Waals surface area contributed by atoms with Crippen LogP contribution in [0.1, 0.15) is 27.7 Å². The number of hydrogen-bond acceptors (Lipinski definition) is 4. The van der Waals surface area contributed by atoms with Crippen LogP contribution in [0.15, 0.2) is 54.6 Å². The topological polar surface area (TPSA) is 70.7 Å². The van der Waals surface area contributed by atoms with Gasteiger partial charge < -0.3 is 15.4 Å². The van der Waals surface area contributed by atoms with Crippen molar-refractivity contribution in [2.45, 2.75) is 33.2 Å². The Morgan fingerprint density at radius 2 is 1.54 bits per heavy atom. The third-order valence-electron chi connectivity index (χ3n) is 3.83. The molecule has 0 fully saturated rings. The van der Waals surface area contributed by atoms with Crippen molar-refractivity contribution in [2.75, 3.05) is 25.0 Å². The van der Waals surface area contributed by atoms with Gasteiger partial charge in [-0.3, -0.25) is 14.5 Å². The smallest absolute Gasteiger partial charge is 0.238 e. The highest BCUT2D eigenvalue weighted by Gasteiger charge is 2.18. The van der Waals surface area contributed by atoms with Crippen LogP contribution in [0.25, 0.3) is 0 Å². The van der Waals surface area contributed by atoms with Crippen LogP contribution in [0, 0.1) is 0 Å². The second kappa shape index (κ2) is 9.90. The van der Waals surface area contributed by atoms with Gasteiger partial charge in [0.2, 0.25) is 11.8 Å². The second-order valence-corrected chi connectivity index (χ2v) is 7.56. The molecule has 6 heteroatoms. The molecule has 0 spiro atoms. The highest BCUT2D eigenvalue weighted by molar-refractivity contribution is 5.94. The van der Waals surface area contributed by atoms with Crippen molar-refractivity contribution >= 4 is 17.5 Å². The Morgan fingerprint density at radius 1 is 0.929 bits per heavy atom. The molecule has 2 aromatic rings. The molecule has 0 saturated heterocycles. The van der Waals surface area contributed by atoms with E-state index in [4.69, 9.17) is 4.74 Å². The lowest BCUT2D eigenvalue weighted by atomic mass is 10.1. The van der Waals surface area contributed by atoms with E-state index in [1.165, 1.54) is 0 Å². The van der Waals surface area contributed by atoms with E-state index in [1.54, 1.807) is 17.0 Å². The SMILES string of the molecule is CCN(CC(=O)Nc1ccccc1Oc1ccccc1)CC(=O)NC(C)(C)C. The number of anilines is 1. The summed E-state index contributed by atoms with van der Waals surface area (Å²) in [5.74, 6) is 0.957. The predicted octanol–water partition coefficient (Wildman–Crippen LogP) is 3.65. The molecular weight excluding hydrogens is 354 g/mol. The molecule has 0 aliphatic rings. The van der Waals surface area contributed by atoms with Crippen LogP contribution in [0.4, 0.5) is 5.69 Å². The number of ether oxygens (including phenoxy) is 1. The minimum atomic E-state index is -0.299. The van der Waals surface area contributed by atoms with Crippen LogP contribution < -0.4 is 15.4 Å². The van der Waals surface area contributed by atoms with Crippen molar-refractivity contribution in [3.63, 3.8) is 0 Å². The molecule has 0 aromatic heterocycles. The number of hydrogen-bond donors (Lipinski definition) is 2. The van der Waals surface area contributed by atoms with Crippen molar-refractivity contribution in [1.29, 1.82) is 0 Å². The second-order valence-electron chi connectivity index (χ2n) is 7.56. The first-order valence-corrected chi connectivity index (χ1v) is 9.42. The monoisotopic (exact) mass is 383 g/mol. The van der Waals surface area contributed by atoms with Crippen LogP contribution in [-0.2, 0) is 9.59 Å². The van der Waals surface area contributed by atoms with Crippen LogP contribution in [0.5, 0.6) is 11.5 Å². The molecule has 0 radical (unpaired) electrons. The van der Waals surface area contributed by atoms with Gasteiger partial charge in [0.15, 0.2) is 5.75 Å². The first-order chi connectivity index (χ1) is 13.3. The quantitative estimate of drug-likeness (QED) is 0.730. The van der Waals surface area contributed by atoms with Gasteiger partial charge in [0.25, 0.3) is 0 Å². The van der Waals surface area contributed by atoms with Gasteiger partial charge in [0.05, 0.1) is 18.8 Å².